The van der Waals surface area contributed by atoms with Gasteiger partial charge in [0.05, 0.1) is 5.69 Å². The third kappa shape index (κ3) is 2.47. The molecule has 0 fully saturated rings. The van der Waals surface area contributed by atoms with Crippen LogP contribution in [0.1, 0.15) is 17.2 Å². The lowest BCUT2D eigenvalue weighted by molar-refractivity contribution is -0.147. The van der Waals surface area contributed by atoms with Gasteiger partial charge in [-0.2, -0.15) is 0 Å². The van der Waals surface area contributed by atoms with Crippen molar-refractivity contribution in [1.29, 1.82) is 0 Å². The molecule has 0 aliphatic rings. The van der Waals surface area contributed by atoms with Gasteiger partial charge in [-0.25, -0.2) is 4.79 Å². The summed E-state index contributed by atoms with van der Waals surface area (Å²) in [6, 6.07) is 4.88. The lowest BCUT2D eigenvalue weighted by Gasteiger charge is -2.14. The number of rotatable bonds is 4. The Morgan fingerprint density at radius 1 is 1.60 bits per heavy atom. The number of aliphatic hydroxyl groups excluding tert-OH is 1. The summed E-state index contributed by atoms with van der Waals surface area (Å²) in [4.78, 5) is 10.7. The maximum Gasteiger partial charge on any atom is 0.337 e. The molecule has 0 aliphatic heterocycles. The molecule has 0 aromatic heterocycles. The second-order valence-electron chi connectivity index (χ2n) is 2.89. The molecule has 0 heterocycles. The maximum absolute atomic E-state index is 10.7. The van der Waals surface area contributed by atoms with Crippen LogP contribution in [0.25, 0.3) is 0 Å². The van der Waals surface area contributed by atoms with Crippen LogP contribution in [-0.4, -0.2) is 16.2 Å². The summed E-state index contributed by atoms with van der Waals surface area (Å²) in [5.74, 6) is 3.99. The van der Waals surface area contributed by atoms with E-state index >= 15 is 0 Å². The zero-order chi connectivity index (χ0) is 11.4. The molecule has 0 saturated heterocycles. The van der Waals surface area contributed by atoms with Crippen molar-refractivity contribution >= 4 is 27.6 Å². The number of anilines is 1. The van der Waals surface area contributed by atoms with Gasteiger partial charge >= 0.3 is 5.97 Å². The number of aliphatic hydroxyl groups is 1. The summed E-state index contributed by atoms with van der Waals surface area (Å²) in [5.41, 5.74) is 4.00. The number of benzene rings is 1. The maximum atomic E-state index is 10.7. The highest BCUT2D eigenvalue weighted by atomic mass is 79.9. The number of nitrogens with two attached hydrogens (primary N) is 1. The van der Waals surface area contributed by atoms with Crippen molar-refractivity contribution in [3.05, 3.63) is 29.3 Å². The molecule has 0 amide bonds. The average Bonchev–Trinajstić information content (AvgIpc) is 2.26. The van der Waals surface area contributed by atoms with Gasteiger partial charge in [-0.05, 0) is 17.2 Å². The predicted molar refractivity (Wildman–Crippen MR) is 59.5 cm³/mol. The van der Waals surface area contributed by atoms with E-state index in [2.05, 4.69) is 21.4 Å². The van der Waals surface area contributed by atoms with Gasteiger partial charge in [0.25, 0.3) is 0 Å². The zero-order valence-corrected chi connectivity index (χ0v) is 9.36. The number of hydrogen-bond acceptors (Lipinski definition) is 4. The number of carboxylic acid groups (broad SMARTS) is 1. The molecule has 5 nitrogen and oxygen atoms in total. The molecule has 1 unspecified atom stereocenters. The van der Waals surface area contributed by atoms with E-state index in [0.29, 0.717) is 22.1 Å². The molecule has 0 aliphatic carbocycles. The number of aliphatic carboxylic acids is 1. The normalized spacial score (nSPS) is 12.2. The highest BCUT2D eigenvalue weighted by Gasteiger charge is 2.20. The van der Waals surface area contributed by atoms with Gasteiger partial charge in [-0.3, -0.25) is 5.84 Å². The van der Waals surface area contributed by atoms with Gasteiger partial charge in [0.1, 0.15) is 0 Å². The summed E-state index contributed by atoms with van der Waals surface area (Å²) in [6.45, 7) is 0. The van der Waals surface area contributed by atoms with E-state index in [-0.39, 0.29) is 0 Å². The molecule has 5 N–H and O–H groups in total. The summed E-state index contributed by atoms with van der Waals surface area (Å²) in [7, 11) is 0. The van der Waals surface area contributed by atoms with E-state index in [1.807, 2.05) is 0 Å². The monoisotopic (exact) mass is 274 g/mol. The van der Waals surface area contributed by atoms with Crippen LogP contribution in [0.2, 0.25) is 0 Å². The van der Waals surface area contributed by atoms with Crippen LogP contribution in [0.5, 0.6) is 0 Å². The molecule has 6 heteroatoms. The number of nitrogens with one attached hydrogen (secondary N) is 1. The van der Waals surface area contributed by atoms with Crippen molar-refractivity contribution in [1.82, 2.24) is 0 Å². The van der Waals surface area contributed by atoms with Gasteiger partial charge in [0.2, 0.25) is 0 Å². The minimum absolute atomic E-state index is 0.329. The molecule has 82 valence electrons. The van der Waals surface area contributed by atoms with Crippen LogP contribution in [0, 0.1) is 0 Å². The van der Waals surface area contributed by atoms with Crippen LogP contribution >= 0.6 is 15.9 Å². The Labute approximate surface area is 95.0 Å². The highest BCUT2D eigenvalue weighted by molar-refractivity contribution is 9.08. The van der Waals surface area contributed by atoms with E-state index < -0.39 is 12.1 Å². The molecule has 0 saturated carbocycles. The third-order valence-corrected chi connectivity index (χ3v) is 2.59. The second kappa shape index (κ2) is 5.11. The predicted octanol–water partition coefficient (Wildman–Crippen LogP) is 0.985. The first-order chi connectivity index (χ1) is 7.11. The van der Waals surface area contributed by atoms with Crippen LogP contribution < -0.4 is 11.3 Å². The molecule has 0 bridgehead atoms. The largest absolute Gasteiger partial charge is 0.479 e. The van der Waals surface area contributed by atoms with Crippen molar-refractivity contribution < 1.29 is 15.0 Å². The lowest BCUT2D eigenvalue weighted by atomic mass is 10.0. The molecule has 0 spiro atoms. The molecule has 1 aromatic carbocycles. The number of hydrazine groups is 1. The van der Waals surface area contributed by atoms with Crippen LogP contribution in [0.4, 0.5) is 5.69 Å². The Morgan fingerprint density at radius 2 is 2.27 bits per heavy atom. The van der Waals surface area contributed by atoms with Gasteiger partial charge in [0, 0.05) is 5.33 Å². The number of hydrogen-bond donors (Lipinski definition) is 4. The number of nitrogen functional groups attached to an aromatic ring is 1. The van der Waals surface area contributed by atoms with E-state index in [0.717, 1.165) is 0 Å². The number of alkyl halides is 1. The quantitative estimate of drug-likeness (QED) is 0.373. The minimum atomic E-state index is -1.54. The van der Waals surface area contributed by atoms with E-state index in [4.69, 9.17) is 10.9 Å². The van der Waals surface area contributed by atoms with Gasteiger partial charge in [0.15, 0.2) is 6.10 Å². The topological polar surface area (TPSA) is 95.6 Å². The first-order valence-corrected chi connectivity index (χ1v) is 5.29. The van der Waals surface area contributed by atoms with Crippen LogP contribution in [-0.2, 0) is 10.1 Å². The SMILES string of the molecule is NNc1cccc(C(O)C(=O)O)c1CBr. The first-order valence-electron chi connectivity index (χ1n) is 4.17. The molecule has 1 atom stereocenters. The number of halogens is 1. The van der Waals surface area contributed by atoms with Crippen molar-refractivity contribution in [3.8, 4) is 0 Å². The fraction of sp³-hybridized carbons (Fsp3) is 0.222. The standard InChI is InChI=1S/C9H11BrN2O3/c10-4-6-5(8(13)9(14)15)2-1-3-7(6)12-11/h1-3,8,12-13H,4,11H2,(H,14,15). The highest BCUT2D eigenvalue weighted by Crippen LogP contribution is 2.27. The van der Waals surface area contributed by atoms with Crippen molar-refractivity contribution in [2.24, 2.45) is 5.84 Å². The number of carbonyl (C=O) groups is 1. The Kier molecular flexibility index (Phi) is 4.07. The zero-order valence-electron chi connectivity index (χ0n) is 7.77. The van der Waals surface area contributed by atoms with E-state index in [9.17, 15) is 9.90 Å². The van der Waals surface area contributed by atoms with Crippen LogP contribution in [0.3, 0.4) is 0 Å². The Morgan fingerprint density at radius 3 is 2.73 bits per heavy atom. The first kappa shape index (κ1) is 12.0. The molecular formula is C9H11BrN2O3. The van der Waals surface area contributed by atoms with Gasteiger partial charge in [-0.1, -0.05) is 28.1 Å². The molecule has 1 rings (SSSR count). The molecule has 15 heavy (non-hydrogen) atoms. The Bertz CT molecular complexity index is 370. The summed E-state index contributed by atoms with van der Waals surface area (Å²) >= 11 is 3.22. The average molecular weight is 275 g/mol. The summed E-state index contributed by atoms with van der Waals surface area (Å²) in [5, 5.41) is 18.6. The molecule has 1 aromatic rings. The molecular weight excluding hydrogens is 264 g/mol. The second-order valence-corrected chi connectivity index (χ2v) is 3.45. The van der Waals surface area contributed by atoms with E-state index in [1.54, 1.807) is 18.2 Å². The van der Waals surface area contributed by atoms with Crippen molar-refractivity contribution in [3.63, 3.8) is 0 Å². The van der Waals surface area contributed by atoms with Gasteiger partial charge in [-0.15, -0.1) is 0 Å². The summed E-state index contributed by atoms with van der Waals surface area (Å²) in [6.07, 6.45) is -1.54. The minimum Gasteiger partial charge on any atom is -0.479 e. The summed E-state index contributed by atoms with van der Waals surface area (Å²) < 4.78 is 0. The van der Waals surface area contributed by atoms with Crippen LogP contribution in [0.15, 0.2) is 18.2 Å². The fourth-order valence-corrected chi connectivity index (χ4v) is 1.90. The smallest absolute Gasteiger partial charge is 0.337 e. The number of carboxylic acids is 1. The Balaban J connectivity index is 3.22. The fourth-order valence-electron chi connectivity index (χ4n) is 1.28. The third-order valence-electron chi connectivity index (χ3n) is 2.03. The lowest BCUT2D eigenvalue weighted by Crippen LogP contribution is -2.15. The molecule has 0 radical (unpaired) electrons. The van der Waals surface area contributed by atoms with Gasteiger partial charge < -0.3 is 15.6 Å². The van der Waals surface area contributed by atoms with Crippen molar-refractivity contribution in [2.45, 2.75) is 11.4 Å². The van der Waals surface area contributed by atoms with E-state index in [1.165, 1.54) is 0 Å². The van der Waals surface area contributed by atoms with Crippen molar-refractivity contribution in [2.75, 3.05) is 5.43 Å². The Hall–Kier alpha value is -1.11.